The molecule has 0 spiro atoms. The first kappa shape index (κ1) is 21.4. The second kappa shape index (κ2) is 9.53. The van der Waals surface area contributed by atoms with Crippen molar-refractivity contribution < 1.29 is 14.3 Å². The highest BCUT2D eigenvalue weighted by molar-refractivity contribution is 6.30. The quantitative estimate of drug-likeness (QED) is 0.456. The summed E-state index contributed by atoms with van der Waals surface area (Å²) in [6, 6.07) is 19.1. The number of nitrogens with zero attached hydrogens (tertiary/aromatic N) is 2. The van der Waals surface area contributed by atoms with E-state index in [1.807, 2.05) is 31.2 Å². The van der Waals surface area contributed by atoms with Gasteiger partial charge in [-0.15, -0.1) is 0 Å². The third-order valence-electron chi connectivity index (χ3n) is 4.59. The molecule has 162 valence electrons. The molecule has 0 fully saturated rings. The molecule has 0 bridgehead atoms. The Balaban J connectivity index is 1.31. The molecule has 0 aliphatic carbocycles. The summed E-state index contributed by atoms with van der Waals surface area (Å²) in [6.07, 6.45) is 1.52. The number of halogens is 1. The molecule has 0 saturated carbocycles. The molecule has 0 aliphatic heterocycles. The number of fused-ring (bicyclic) bond motifs is 1. The largest absolute Gasteiger partial charge is 0.487 e. The maximum Gasteiger partial charge on any atom is 0.262 e. The number of nitrogens with one attached hydrogen (secondary N) is 1. The molecule has 0 radical (unpaired) electrons. The minimum atomic E-state index is -0.264. The van der Waals surface area contributed by atoms with Crippen molar-refractivity contribution in [3.05, 3.63) is 99.6 Å². The average Bonchev–Trinajstić information content (AvgIpc) is 2.79. The third kappa shape index (κ3) is 5.44. The highest BCUT2D eigenvalue weighted by atomic mass is 35.5. The fraction of sp³-hybridized carbons (Fsp3) is 0.125. The maximum atomic E-state index is 12.2. The molecule has 7 nitrogen and oxygen atoms in total. The Morgan fingerprint density at radius 1 is 1.00 bits per heavy atom. The van der Waals surface area contributed by atoms with E-state index in [4.69, 9.17) is 21.1 Å². The number of ether oxygens (including phenoxy) is 2. The molecule has 1 amide bonds. The van der Waals surface area contributed by atoms with Gasteiger partial charge in [0.2, 0.25) is 0 Å². The zero-order valence-corrected chi connectivity index (χ0v) is 18.0. The topological polar surface area (TPSA) is 81.9 Å². The molecule has 2 aromatic heterocycles. The van der Waals surface area contributed by atoms with Crippen LogP contribution in [0.2, 0.25) is 5.02 Å². The Morgan fingerprint density at radius 3 is 2.44 bits per heavy atom. The lowest BCUT2D eigenvalue weighted by Crippen LogP contribution is -2.20. The van der Waals surface area contributed by atoms with Gasteiger partial charge < -0.3 is 14.8 Å². The van der Waals surface area contributed by atoms with Crippen molar-refractivity contribution in [2.24, 2.45) is 0 Å². The van der Waals surface area contributed by atoms with E-state index in [-0.39, 0.29) is 24.7 Å². The molecule has 4 rings (SSSR count). The summed E-state index contributed by atoms with van der Waals surface area (Å²) in [5.74, 6) is 0.955. The number of amides is 1. The van der Waals surface area contributed by atoms with Gasteiger partial charge in [-0.2, -0.15) is 0 Å². The Bertz CT molecular complexity index is 1300. The maximum absolute atomic E-state index is 12.2. The van der Waals surface area contributed by atoms with Crippen LogP contribution < -0.4 is 20.3 Å². The van der Waals surface area contributed by atoms with Gasteiger partial charge in [0.1, 0.15) is 23.8 Å². The zero-order chi connectivity index (χ0) is 22.5. The minimum absolute atomic E-state index is 0.0876. The Morgan fingerprint density at radius 2 is 1.69 bits per heavy atom. The standard InChI is InChI=1S/C24H20ClN3O4/c1-16-2-7-20(8-3-16)32-15-23(29)27-18-5-9-21(10-6-18)31-14-19-12-24(30)28-13-17(25)4-11-22(28)26-19/h2-13H,14-15H2,1H3,(H,27,29). The fourth-order valence-corrected chi connectivity index (χ4v) is 3.13. The normalized spacial score (nSPS) is 10.7. The van der Waals surface area contributed by atoms with Crippen LogP contribution in [-0.2, 0) is 11.4 Å². The Hall–Kier alpha value is -3.84. The van der Waals surface area contributed by atoms with Crippen LogP contribution in [0.4, 0.5) is 5.69 Å². The lowest BCUT2D eigenvalue weighted by Gasteiger charge is -2.10. The van der Waals surface area contributed by atoms with Crippen LogP contribution in [0.3, 0.4) is 0 Å². The summed E-state index contributed by atoms with van der Waals surface area (Å²) in [5, 5.41) is 3.23. The highest BCUT2D eigenvalue weighted by Gasteiger charge is 2.06. The van der Waals surface area contributed by atoms with Crippen LogP contribution >= 0.6 is 11.6 Å². The number of hydrogen-bond acceptors (Lipinski definition) is 5. The summed E-state index contributed by atoms with van der Waals surface area (Å²) in [4.78, 5) is 28.7. The molecular formula is C24H20ClN3O4. The van der Waals surface area contributed by atoms with Gasteiger partial charge in [0.15, 0.2) is 6.61 Å². The predicted molar refractivity (Wildman–Crippen MR) is 123 cm³/mol. The third-order valence-corrected chi connectivity index (χ3v) is 4.82. The van der Waals surface area contributed by atoms with Gasteiger partial charge in [-0.25, -0.2) is 4.98 Å². The van der Waals surface area contributed by atoms with Crippen molar-refractivity contribution >= 4 is 28.8 Å². The van der Waals surface area contributed by atoms with Gasteiger partial charge in [-0.1, -0.05) is 29.3 Å². The van der Waals surface area contributed by atoms with Crippen molar-refractivity contribution in [3.63, 3.8) is 0 Å². The number of carbonyl (C=O) groups is 1. The van der Waals surface area contributed by atoms with Crippen molar-refractivity contribution in [2.45, 2.75) is 13.5 Å². The molecule has 2 aromatic carbocycles. The Labute approximate surface area is 189 Å². The average molecular weight is 450 g/mol. The second-order valence-corrected chi connectivity index (χ2v) is 7.56. The summed E-state index contributed by atoms with van der Waals surface area (Å²) in [6.45, 7) is 2.03. The molecule has 4 aromatic rings. The first-order valence-corrected chi connectivity index (χ1v) is 10.2. The molecule has 32 heavy (non-hydrogen) atoms. The van der Waals surface area contributed by atoms with E-state index < -0.39 is 0 Å². The van der Waals surface area contributed by atoms with Crippen molar-refractivity contribution in [2.75, 3.05) is 11.9 Å². The Kier molecular flexibility index (Phi) is 6.37. The van der Waals surface area contributed by atoms with Gasteiger partial charge in [0.05, 0.1) is 10.7 Å². The van der Waals surface area contributed by atoms with Crippen LogP contribution in [0.25, 0.3) is 5.65 Å². The van der Waals surface area contributed by atoms with Gasteiger partial charge in [0, 0.05) is 18.0 Å². The second-order valence-electron chi connectivity index (χ2n) is 7.12. The van der Waals surface area contributed by atoms with Gasteiger partial charge in [0.25, 0.3) is 11.5 Å². The van der Waals surface area contributed by atoms with Gasteiger partial charge >= 0.3 is 0 Å². The van der Waals surface area contributed by atoms with E-state index in [0.717, 1.165) is 5.56 Å². The first-order valence-electron chi connectivity index (χ1n) is 9.86. The number of hydrogen-bond donors (Lipinski definition) is 1. The number of pyridine rings is 1. The zero-order valence-electron chi connectivity index (χ0n) is 17.2. The van der Waals surface area contributed by atoms with Crippen molar-refractivity contribution in [1.29, 1.82) is 0 Å². The molecule has 0 aliphatic rings. The first-order chi connectivity index (χ1) is 15.5. The van der Waals surface area contributed by atoms with Crippen LogP contribution in [0.15, 0.2) is 77.7 Å². The van der Waals surface area contributed by atoms with E-state index in [9.17, 15) is 9.59 Å². The number of aryl methyl sites for hydroxylation is 1. The van der Waals surface area contributed by atoms with E-state index in [1.165, 1.54) is 16.7 Å². The predicted octanol–water partition coefficient (Wildman–Crippen LogP) is 4.25. The van der Waals surface area contributed by atoms with Crippen molar-refractivity contribution in [3.8, 4) is 11.5 Å². The molecule has 2 heterocycles. The molecule has 1 N–H and O–H groups in total. The number of rotatable bonds is 7. The minimum Gasteiger partial charge on any atom is -0.487 e. The number of benzene rings is 2. The molecular weight excluding hydrogens is 430 g/mol. The van der Waals surface area contributed by atoms with E-state index >= 15 is 0 Å². The molecule has 0 atom stereocenters. The highest BCUT2D eigenvalue weighted by Crippen LogP contribution is 2.17. The summed E-state index contributed by atoms with van der Waals surface area (Å²) >= 11 is 5.92. The summed E-state index contributed by atoms with van der Waals surface area (Å²) < 4.78 is 12.6. The van der Waals surface area contributed by atoms with Gasteiger partial charge in [-0.05, 0) is 55.5 Å². The number of carbonyl (C=O) groups excluding carboxylic acids is 1. The molecule has 0 unspecified atom stereocenters. The van der Waals surface area contributed by atoms with Crippen LogP contribution in [-0.4, -0.2) is 21.9 Å². The summed E-state index contributed by atoms with van der Waals surface area (Å²) in [7, 11) is 0. The molecule has 0 saturated heterocycles. The monoisotopic (exact) mass is 449 g/mol. The van der Waals surface area contributed by atoms with Crippen LogP contribution in [0, 0.1) is 6.92 Å². The number of aromatic nitrogens is 2. The number of anilines is 1. The lowest BCUT2D eigenvalue weighted by atomic mass is 10.2. The molecule has 8 heteroatoms. The van der Waals surface area contributed by atoms with Crippen LogP contribution in [0.1, 0.15) is 11.3 Å². The van der Waals surface area contributed by atoms with Crippen molar-refractivity contribution in [1.82, 2.24) is 9.38 Å². The van der Waals surface area contributed by atoms with E-state index in [1.54, 1.807) is 36.4 Å². The lowest BCUT2D eigenvalue weighted by molar-refractivity contribution is -0.118. The van der Waals surface area contributed by atoms with E-state index in [0.29, 0.717) is 33.6 Å². The SMILES string of the molecule is Cc1ccc(OCC(=O)Nc2ccc(OCc3cc(=O)n4cc(Cl)ccc4n3)cc2)cc1. The smallest absolute Gasteiger partial charge is 0.262 e. The van der Waals surface area contributed by atoms with E-state index in [2.05, 4.69) is 10.3 Å². The fourth-order valence-electron chi connectivity index (χ4n) is 2.97. The van der Waals surface area contributed by atoms with Crippen LogP contribution in [0.5, 0.6) is 11.5 Å². The summed E-state index contributed by atoms with van der Waals surface area (Å²) in [5.41, 5.74) is 2.50. The van der Waals surface area contributed by atoms with Gasteiger partial charge in [-0.3, -0.25) is 14.0 Å².